The van der Waals surface area contributed by atoms with Gasteiger partial charge in [0.2, 0.25) is 0 Å². The van der Waals surface area contributed by atoms with E-state index in [1.54, 1.807) is 0 Å². The van der Waals surface area contributed by atoms with Gasteiger partial charge in [0.15, 0.2) is 0 Å². The van der Waals surface area contributed by atoms with Gasteiger partial charge < -0.3 is 5.73 Å². The fraction of sp³-hybridized carbons (Fsp3) is 0.533. The van der Waals surface area contributed by atoms with Gasteiger partial charge in [-0.25, -0.2) is 0 Å². The lowest BCUT2D eigenvalue weighted by molar-refractivity contribution is 0.312. The van der Waals surface area contributed by atoms with E-state index in [2.05, 4.69) is 17.9 Å². The van der Waals surface area contributed by atoms with E-state index in [1.165, 1.54) is 18.4 Å². The van der Waals surface area contributed by atoms with Crippen LogP contribution in [0, 0.1) is 17.2 Å². The van der Waals surface area contributed by atoms with Gasteiger partial charge in [0, 0.05) is 25.7 Å². The van der Waals surface area contributed by atoms with E-state index in [-0.39, 0.29) is 0 Å². The molecule has 96 valence electrons. The predicted molar refractivity (Wildman–Crippen MR) is 72.8 cm³/mol. The predicted octanol–water partition coefficient (Wildman–Crippen LogP) is 2.12. The standard InChI is InChI=1S/C15H21N3/c1-2-3-14-10-18(11-15(14)17)9-13-6-4-12(8-16)5-7-13/h4-7,14-15H,2-3,9-11,17H2,1H3/t14-,15-/m0/s1. The molecule has 1 aliphatic heterocycles. The summed E-state index contributed by atoms with van der Waals surface area (Å²) >= 11 is 0. The number of rotatable bonds is 4. The Bertz CT molecular complexity index is 418. The highest BCUT2D eigenvalue weighted by molar-refractivity contribution is 5.31. The third kappa shape index (κ3) is 3.10. The molecule has 0 unspecified atom stereocenters. The molecule has 0 aromatic heterocycles. The summed E-state index contributed by atoms with van der Waals surface area (Å²) in [7, 11) is 0. The quantitative estimate of drug-likeness (QED) is 0.881. The monoisotopic (exact) mass is 243 g/mol. The van der Waals surface area contributed by atoms with Gasteiger partial charge >= 0.3 is 0 Å². The molecule has 18 heavy (non-hydrogen) atoms. The van der Waals surface area contributed by atoms with Crippen LogP contribution in [0.3, 0.4) is 0 Å². The summed E-state index contributed by atoms with van der Waals surface area (Å²) in [5.74, 6) is 0.647. The van der Waals surface area contributed by atoms with Crippen LogP contribution >= 0.6 is 0 Å². The van der Waals surface area contributed by atoms with Gasteiger partial charge in [0.1, 0.15) is 0 Å². The van der Waals surface area contributed by atoms with E-state index in [9.17, 15) is 0 Å². The molecule has 2 rings (SSSR count). The lowest BCUT2D eigenvalue weighted by Gasteiger charge is -2.15. The van der Waals surface area contributed by atoms with Crippen molar-refractivity contribution in [3.05, 3.63) is 35.4 Å². The molecule has 1 aliphatic rings. The molecule has 0 spiro atoms. The van der Waals surface area contributed by atoms with Crippen LogP contribution in [-0.2, 0) is 6.54 Å². The minimum absolute atomic E-state index is 0.323. The number of benzene rings is 1. The summed E-state index contributed by atoms with van der Waals surface area (Å²) in [4.78, 5) is 2.42. The summed E-state index contributed by atoms with van der Waals surface area (Å²) in [5, 5.41) is 8.76. The number of nitriles is 1. The van der Waals surface area contributed by atoms with E-state index in [1.807, 2.05) is 24.3 Å². The number of likely N-dealkylation sites (tertiary alicyclic amines) is 1. The van der Waals surface area contributed by atoms with Crippen molar-refractivity contribution in [1.29, 1.82) is 5.26 Å². The van der Waals surface area contributed by atoms with Crippen molar-refractivity contribution in [2.45, 2.75) is 32.4 Å². The summed E-state index contributed by atoms with van der Waals surface area (Å²) in [6.07, 6.45) is 2.44. The molecule has 1 fully saturated rings. The maximum absolute atomic E-state index is 8.76. The molecule has 1 saturated heterocycles. The molecule has 0 aliphatic carbocycles. The molecule has 0 radical (unpaired) electrons. The maximum atomic E-state index is 8.76. The SMILES string of the molecule is CCC[C@H]1CN(Cc2ccc(C#N)cc2)C[C@@H]1N. The van der Waals surface area contributed by atoms with E-state index >= 15 is 0 Å². The largest absolute Gasteiger partial charge is 0.326 e. The minimum Gasteiger partial charge on any atom is -0.326 e. The number of nitrogens with two attached hydrogens (primary N) is 1. The highest BCUT2D eigenvalue weighted by Gasteiger charge is 2.28. The van der Waals surface area contributed by atoms with Crippen LogP contribution in [0.25, 0.3) is 0 Å². The zero-order valence-corrected chi connectivity index (χ0v) is 11.0. The molecule has 2 N–H and O–H groups in total. The first kappa shape index (κ1) is 13.1. The van der Waals surface area contributed by atoms with Crippen molar-refractivity contribution >= 4 is 0 Å². The number of hydrogen-bond donors (Lipinski definition) is 1. The van der Waals surface area contributed by atoms with Gasteiger partial charge in [-0.2, -0.15) is 5.26 Å². The second-order valence-electron chi connectivity index (χ2n) is 5.22. The molecule has 0 saturated carbocycles. The zero-order chi connectivity index (χ0) is 13.0. The van der Waals surface area contributed by atoms with Crippen molar-refractivity contribution in [2.75, 3.05) is 13.1 Å². The van der Waals surface area contributed by atoms with E-state index in [0.717, 1.165) is 25.2 Å². The fourth-order valence-corrected chi connectivity index (χ4v) is 2.74. The summed E-state index contributed by atoms with van der Waals surface area (Å²) < 4.78 is 0. The maximum Gasteiger partial charge on any atom is 0.0991 e. The molecule has 0 bridgehead atoms. The van der Waals surface area contributed by atoms with Crippen molar-refractivity contribution in [2.24, 2.45) is 11.7 Å². The molecule has 1 aromatic rings. The molecule has 1 heterocycles. The average molecular weight is 243 g/mol. The second-order valence-corrected chi connectivity index (χ2v) is 5.22. The second kappa shape index (κ2) is 5.99. The first-order valence-electron chi connectivity index (χ1n) is 6.70. The topological polar surface area (TPSA) is 53.0 Å². The van der Waals surface area contributed by atoms with Gasteiger partial charge in [-0.3, -0.25) is 4.90 Å². The van der Waals surface area contributed by atoms with Gasteiger partial charge in [0.25, 0.3) is 0 Å². The molecule has 0 amide bonds. The summed E-state index contributed by atoms with van der Waals surface area (Å²) in [5.41, 5.74) is 8.16. The van der Waals surface area contributed by atoms with Crippen LogP contribution in [0.5, 0.6) is 0 Å². The lowest BCUT2D eigenvalue weighted by Crippen LogP contribution is -2.29. The normalized spacial score (nSPS) is 24.1. The van der Waals surface area contributed by atoms with Crippen molar-refractivity contribution in [1.82, 2.24) is 4.90 Å². The van der Waals surface area contributed by atoms with Gasteiger partial charge in [-0.05, 0) is 30.0 Å². The summed E-state index contributed by atoms with van der Waals surface area (Å²) in [6, 6.07) is 10.3. The lowest BCUT2D eigenvalue weighted by atomic mass is 9.99. The first-order valence-corrected chi connectivity index (χ1v) is 6.70. The summed E-state index contributed by atoms with van der Waals surface area (Å²) in [6.45, 7) is 5.26. The van der Waals surface area contributed by atoms with Gasteiger partial charge in [0.05, 0.1) is 11.6 Å². The Kier molecular flexibility index (Phi) is 4.35. The molecule has 3 nitrogen and oxygen atoms in total. The minimum atomic E-state index is 0.323. The van der Waals surface area contributed by atoms with Crippen molar-refractivity contribution in [3.8, 4) is 6.07 Å². The van der Waals surface area contributed by atoms with Crippen LogP contribution in [0.1, 0.15) is 30.9 Å². The van der Waals surface area contributed by atoms with Crippen LogP contribution in [0.15, 0.2) is 24.3 Å². The molecular formula is C15H21N3. The van der Waals surface area contributed by atoms with E-state index < -0.39 is 0 Å². The van der Waals surface area contributed by atoms with Gasteiger partial charge in [-0.15, -0.1) is 0 Å². The van der Waals surface area contributed by atoms with E-state index in [4.69, 9.17) is 11.0 Å². The Morgan fingerprint density at radius 1 is 1.33 bits per heavy atom. The highest BCUT2D eigenvalue weighted by Crippen LogP contribution is 2.21. The Balaban J connectivity index is 1.92. The third-order valence-electron chi connectivity index (χ3n) is 3.72. The van der Waals surface area contributed by atoms with Crippen LogP contribution in [0.2, 0.25) is 0 Å². The molecule has 3 heteroatoms. The Morgan fingerprint density at radius 2 is 2.06 bits per heavy atom. The Morgan fingerprint density at radius 3 is 2.67 bits per heavy atom. The zero-order valence-electron chi connectivity index (χ0n) is 11.0. The van der Waals surface area contributed by atoms with E-state index in [0.29, 0.717) is 12.0 Å². The van der Waals surface area contributed by atoms with Crippen molar-refractivity contribution < 1.29 is 0 Å². The third-order valence-corrected chi connectivity index (χ3v) is 3.72. The van der Waals surface area contributed by atoms with Crippen LogP contribution < -0.4 is 5.73 Å². The Hall–Kier alpha value is -1.37. The number of hydrogen-bond acceptors (Lipinski definition) is 3. The fourth-order valence-electron chi connectivity index (χ4n) is 2.74. The van der Waals surface area contributed by atoms with Crippen LogP contribution in [0.4, 0.5) is 0 Å². The van der Waals surface area contributed by atoms with Crippen molar-refractivity contribution in [3.63, 3.8) is 0 Å². The highest BCUT2D eigenvalue weighted by atomic mass is 15.2. The smallest absolute Gasteiger partial charge is 0.0991 e. The molecular weight excluding hydrogens is 222 g/mol. The average Bonchev–Trinajstić information content (AvgIpc) is 2.71. The Labute approximate surface area is 109 Å². The number of nitrogens with zero attached hydrogens (tertiary/aromatic N) is 2. The molecule has 2 atom stereocenters. The van der Waals surface area contributed by atoms with Crippen LogP contribution in [-0.4, -0.2) is 24.0 Å². The van der Waals surface area contributed by atoms with Gasteiger partial charge in [-0.1, -0.05) is 25.5 Å². The first-order chi connectivity index (χ1) is 8.72. The molecule has 1 aromatic carbocycles.